The fourth-order valence-electron chi connectivity index (χ4n) is 3.27. The highest BCUT2D eigenvalue weighted by Gasteiger charge is 2.35. The minimum Gasteiger partial charge on any atom is -0.394 e. The third-order valence-corrected chi connectivity index (χ3v) is 5.30. The molecule has 0 aliphatic rings. The van der Waals surface area contributed by atoms with Gasteiger partial charge in [-0.2, -0.15) is 0 Å². The molecule has 0 saturated carbocycles. The standard InChI is InChI=1S/C22H42O7/c1-2-3-4-5-6-7-8-9-10-11-12-13-14-15-17(24)19(26)21(28)22(29)20(27)18(25)16-23/h17-20,23-27H,2-16H2,1H3/t17?,18-,19?,20-/m1/s1. The van der Waals surface area contributed by atoms with Crippen LogP contribution in [0.15, 0.2) is 0 Å². The van der Waals surface area contributed by atoms with Gasteiger partial charge in [0.15, 0.2) is 0 Å². The van der Waals surface area contributed by atoms with Gasteiger partial charge < -0.3 is 25.5 Å². The average molecular weight is 419 g/mol. The van der Waals surface area contributed by atoms with Crippen molar-refractivity contribution < 1.29 is 35.1 Å². The number of aliphatic hydroxyl groups is 5. The van der Waals surface area contributed by atoms with Gasteiger partial charge in [0.05, 0.1) is 12.7 Å². The lowest BCUT2D eigenvalue weighted by atomic mass is 9.96. The Morgan fingerprint density at radius 3 is 1.31 bits per heavy atom. The Bertz CT molecular complexity index is 427. The summed E-state index contributed by atoms with van der Waals surface area (Å²) in [5.41, 5.74) is 0. The maximum absolute atomic E-state index is 11.8. The summed E-state index contributed by atoms with van der Waals surface area (Å²) in [6.45, 7) is 1.33. The Morgan fingerprint density at radius 1 is 0.586 bits per heavy atom. The third kappa shape index (κ3) is 13.1. The van der Waals surface area contributed by atoms with Crippen LogP contribution < -0.4 is 0 Å². The van der Waals surface area contributed by atoms with Crippen molar-refractivity contribution in [2.75, 3.05) is 6.61 Å². The molecule has 0 aromatic heterocycles. The fraction of sp³-hybridized carbons (Fsp3) is 0.909. The topological polar surface area (TPSA) is 135 Å². The number of carbonyl (C=O) groups is 2. The molecule has 5 N–H and O–H groups in total. The molecule has 0 fully saturated rings. The average Bonchev–Trinajstić information content (AvgIpc) is 2.73. The first-order chi connectivity index (χ1) is 13.9. The van der Waals surface area contributed by atoms with E-state index in [2.05, 4.69) is 6.92 Å². The van der Waals surface area contributed by atoms with E-state index in [9.17, 15) is 30.0 Å². The summed E-state index contributed by atoms with van der Waals surface area (Å²) in [6, 6.07) is 0. The van der Waals surface area contributed by atoms with Gasteiger partial charge in [0, 0.05) is 0 Å². The van der Waals surface area contributed by atoms with Crippen molar-refractivity contribution in [2.24, 2.45) is 0 Å². The summed E-state index contributed by atoms with van der Waals surface area (Å²) in [4.78, 5) is 23.4. The number of hydrogen-bond acceptors (Lipinski definition) is 7. The second-order valence-electron chi connectivity index (χ2n) is 7.97. The molecule has 0 saturated heterocycles. The second kappa shape index (κ2) is 18.0. The predicted molar refractivity (Wildman–Crippen MR) is 111 cm³/mol. The number of ketones is 2. The van der Waals surface area contributed by atoms with Crippen LogP contribution in [0.5, 0.6) is 0 Å². The summed E-state index contributed by atoms with van der Waals surface area (Å²) in [5.74, 6) is -2.77. The van der Waals surface area contributed by atoms with Crippen LogP contribution in [0.2, 0.25) is 0 Å². The number of Topliss-reactive ketones (excluding diaryl/α,β-unsaturated/α-hetero) is 2. The Labute approximate surface area is 175 Å². The monoisotopic (exact) mass is 418 g/mol. The van der Waals surface area contributed by atoms with Gasteiger partial charge in [-0.1, -0.05) is 90.4 Å². The molecule has 0 rings (SSSR count). The van der Waals surface area contributed by atoms with Crippen molar-refractivity contribution >= 4 is 11.6 Å². The van der Waals surface area contributed by atoms with Crippen LogP contribution in [-0.2, 0) is 9.59 Å². The maximum Gasteiger partial charge on any atom is 0.232 e. The van der Waals surface area contributed by atoms with E-state index in [0.717, 1.165) is 19.3 Å². The van der Waals surface area contributed by atoms with Crippen molar-refractivity contribution in [1.29, 1.82) is 0 Å². The molecule has 0 bridgehead atoms. The molecule has 4 atom stereocenters. The zero-order valence-electron chi connectivity index (χ0n) is 18.0. The number of aliphatic hydroxyl groups excluding tert-OH is 5. The number of carbonyl (C=O) groups excluding carboxylic acids is 2. The molecule has 7 nitrogen and oxygen atoms in total. The van der Waals surface area contributed by atoms with Crippen molar-refractivity contribution in [2.45, 2.75) is 121 Å². The number of unbranched alkanes of at least 4 members (excludes halogenated alkanes) is 12. The maximum atomic E-state index is 11.8. The minimum atomic E-state index is -2.11. The highest BCUT2D eigenvalue weighted by atomic mass is 16.4. The minimum absolute atomic E-state index is 0.177. The zero-order chi connectivity index (χ0) is 22.1. The Morgan fingerprint density at radius 2 is 0.931 bits per heavy atom. The normalized spacial score (nSPS) is 15.7. The highest BCUT2D eigenvalue weighted by molar-refractivity contribution is 6.40. The summed E-state index contributed by atoms with van der Waals surface area (Å²) < 4.78 is 0. The molecule has 172 valence electrons. The highest BCUT2D eigenvalue weighted by Crippen LogP contribution is 2.14. The Hall–Kier alpha value is -0.860. The smallest absolute Gasteiger partial charge is 0.232 e. The van der Waals surface area contributed by atoms with Gasteiger partial charge in [-0.3, -0.25) is 9.59 Å². The first-order valence-corrected chi connectivity index (χ1v) is 11.3. The van der Waals surface area contributed by atoms with Gasteiger partial charge in [-0.25, -0.2) is 0 Å². The Balaban J connectivity index is 3.74. The Kier molecular flexibility index (Phi) is 17.4. The molecule has 0 aromatic rings. The molecular weight excluding hydrogens is 376 g/mol. The van der Waals surface area contributed by atoms with Crippen LogP contribution >= 0.6 is 0 Å². The van der Waals surface area contributed by atoms with E-state index in [0.29, 0.717) is 6.42 Å². The van der Waals surface area contributed by atoms with Crippen LogP contribution in [0, 0.1) is 0 Å². The zero-order valence-corrected chi connectivity index (χ0v) is 18.0. The molecule has 0 aliphatic carbocycles. The molecule has 0 aliphatic heterocycles. The summed E-state index contributed by atoms with van der Waals surface area (Å²) in [7, 11) is 0. The van der Waals surface area contributed by atoms with Gasteiger partial charge in [0.2, 0.25) is 11.6 Å². The quantitative estimate of drug-likeness (QED) is 0.151. The summed E-state index contributed by atoms with van der Waals surface area (Å²) in [6.07, 6.45) is 8.26. The lowest BCUT2D eigenvalue weighted by molar-refractivity contribution is -0.153. The van der Waals surface area contributed by atoms with Gasteiger partial charge in [-0.15, -0.1) is 0 Å². The number of hydrogen-bond donors (Lipinski definition) is 5. The van der Waals surface area contributed by atoms with Crippen LogP contribution in [0.25, 0.3) is 0 Å². The molecule has 0 amide bonds. The van der Waals surface area contributed by atoms with Crippen LogP contribution in [-0.4, -0.2) is 68.1 Å². The first-order valence-electron chi connectivity index (χ1n) is 11.3. The fourth-order valence-corrected chi connectivity index (χ4v) is 3.27. The van der Waals surface area contributed by atoms with Gasteiger partial charge in [0.1, 0.15) is 18.3 Å². The van der Waals surface area contributed by atoms with E-state index in [1.165, 1.54) is 57.8 Å². The molecule has 0 heterocycles. The van der Waals surface area contributed by atoms with Gasteiger partial charge in [0.25, 0.3) is 0 Å². The van der Waals surface area contributed by atoms with Gasteiger partial charge >= 0.3 is 0 Å². The van der Waals surface area contributed by atoms with Crippen LogP contribution in [0.1, 0.15) is 96.8 Å². The van der Waals surface area contributed by atoms with Crippen molar-refractivity contribution in [3.8, 4) is 0 Å². The number of rotatable bonds is 20. The lowest BCUT2D eigenvalue weighted by Crippen LogP contribution is -2.47. The summed E-state index contributed by atoms with van der Waals surface area (Å²) in [5, 5.41) is 46.9. The molecule has 2 unspecified atom stereocenters. The van der Waals surface area contributed by atoms with Crippen LogP contribution in [0.3, 0.4) is 0 Å². The lowest BCUT2D eigenvalue weighted by Gasteiger charge is -2.19. The largest absolute Gasteiger partial charge is 0.394 e. The van der Waals surface area contributed by atoms with E-state index < -0.39 is 42.6 Å². The molecule has 29 heavy (non-hydrogen) atoms. The molecule has 0 aromatic carbocycles. The predicted octanol–water partition coefficient (Wildman–Crippen LogP) is 2.04. The van der Waals surface area contributed by atoms with Crippen molar-refractivity contribution in [3.05, 3.63) is 0 Å². The molecule has 7 heteroatoms. The van der Waals surface area contributed by atoms with E-state index in [1.807, 2.05) is 0 Å². The molecule has 0 radical (unpaired) electrons. The van der Waals surface area contributed by atoms with E-state index in [-0.39, 0.29) is 6.42 Å². The van der Waals surface area contributed by atoms with E-state index >= 15 is 0 Å². The van der Waals surface area contributed by atoms with Crippen LogP contribution in [0.4, 0.5) is 0 Å². The first kappa shape index (κ1) is 28.1. The molecular formula is C22H42O7. The van der Waals surface area contributed by atoms with E-state index in [4.69, 9.17) is 5.11 Å². The summed E-state index contributed by atoms with van der Waals surface area (Å²) >= 11 is 0. The molecule has 0 spiro atoms. The van der Waals surface area contributed by atoms with E-state index in [1.54, 1.807) is 0 Å². The van der Waals surface area contributed by atoms with Crippen molar-refractivity contribution in [1.82, 2.24) is 0 Å². The SMILES string of the molecule is CCCCCCCCCCCCCCCC(O)C(O)C(=O)C(=O)[C@H](O)[C@H](O)CO. The van der Waals surface area contributed by atoms with Gasteiger partial charge in [-0.05, 0) is 6.42 Å². The third-order valence-electron chi connectivity index (χ3n) is 5.30. The van der Waals surface area contributed by atoms with Crippen molar-refractivity contribution in [3.63, 3.8) is 0 Å². The second-order valence-corrected chi connectivity index (χ2v) is 7.97.